The van der Waals surface area contributed by atoms with Gasteiger partial charge in [0, 0.05) is 29.8 Å². The molecule has 10 aromatic rings. The summed E-state index contributed by atoms with van der Waals surface area (Å²) in [6.45, 7) is -7.75. The molecule has 1 aliphatic rings. The normalized spacial score (nSPS) is 22.8. The maximum atomic E-state index is 9.89. The van der Waals surface area contributed by atoms with Gasteiger partial charge in [-0.1, -0.05) is 165 Å². The van der Waals surface area contributed by atoms with E-state index in [9.17, 15) is 16.4 Å². The zero-order valence-electron chi connectivity index (χ0n) is 59.0. The maximum Gasteiger partial charge on any atom is 0.143 e. The molecule has 0 atom stereocenters. The van der Waals surface area contributed by atoms with Crippen LogP contribution in [0, 0.1) is 0 Å². The smallest absolute Gasteiger partial charge is 0.143 e. The van der Waals surface area contributed by atoms with Gasteiger partial charge in [-0.05, 0) is 101 Å². The molecule has 0 spiro atoms. The number of fused-ring (bicyclic) bond motifs is 10. The first-order chi connectivity index (χ1) is 39.3. The second-order valence-electron chi connectivity index (χ2n) is 11.8. The Morgan fingerprint density at radius 2 is 1.06 bits per heavy atom. The van der Waals surface area contributed by atoms with Crippen LogP contribution in [0.2, 0.25) is 0 Å². The molecule has 11 rings (SSSR count). The molecule has 244 valence electrons. The van der Waals surface area contributed by atoms with E-state index in [4.69, 9.17) is 33.2 Å². The molecule has 1 aliphatic carbocycles. The Labute approximate surface area is 348 Å². The third-order valence-electron chi connectivity index (χ3n) is 9.08. The number of hydrogen-bond acceptors (Lipinski definition) is 1. The molecule has 1 heteroatoms. The molecule has 1 nitrogen and oxygen atoms in total. The predicted octanol–water partition coefficient (Wildman–Crippen LogP) is 14.4. The van der Waals surface area contributed by atoms with Crippen molar-refractivity contribution in [3.63, 3.8) is 0 Å². The molecule has 0 saturated heterocycles. The highest BCUT2D eigenvalue weighted by Crippen LogP contribution is 2.52. The molecular weight excluding hydrogens is 629 g/mol. The van der Waals surface area contributed by atoms with Gasteiger partial charge < -0.3 is 4.42 Å². The van der Waals surface area contributed by atoms with Crippen LogP contribution in [0.25, 0.3) is 98.8 Å². The van der Waals surface area contributed by atoms with Crippen LogP contribution >= 0.6 is 0 Å². The van der Waals surface area contributed by atoms with Gasteiger partial charge in [0.2, 0.25) is 0 Å². The van der Waals surface area contributed by atoms with Crippen LogP contribution in [0.3, 0.4) is 0 Å². The molecule has 0 aliphatic heterocycles. The molecule has 9 aromatic carbocycles. The van der Waals surface area contributed by atoms with E-state index in [1.54, 1.807) is 0 Å². The maximum absolute atomic E-state index is 9.89. The molecule has 0 N–H and O–H groups in total. The zero-order chi connectivity index (χ0) is 63.0. The Kier molecular flexibility index (Phi) is 2.39. The molecule has 0 fully saturated rings. The average molecular weight is 696 g/mol. The fraction of sp³-hybridized carbons (Fsp3) is 0.0588. The minimum absolute atomic E-state index is 0.455. The van der Waals surface area contributed by atoms with Gasteiger partial charge in [0.15, 0.2) is 0 Å². The second-order valence-corrected chi connectivity index (χ2v) is 11.8. The summed E-state index contributed by atoms with van der Waals surface area (Å²) in [7, 11) is 0. The van der Waals surface area contributed by atoms with E-state index in [1.165, 1.54) is 0 Å². The Morgan fingerprint density at radius 1 is 0.462 bits per heavy atom. The van der Waals surface area contributed by atoms with Crippen LogP contribution < -0.4 is 0 Å². The van der Waals surface area contributed by atoms with Crippen molar-refractivity contribution >= 4 is 54.3 Å². The summed E-state index contributed by atoms with van der Waals surface area (Å²) in [5, 5.41) is -5.38. The Bertz CT molecular complexity index is 4750. The van der Waals surface area contributed by atoms with Crippen molar-refractivity contribution in [3.05, 3.63) is 180 Å². The zero-order valence-corrected chi connectivity index (χ0v) is 26.0. The topological polar surface area (TPSA) is 13.1 Å². The van der Waals surface area contributed by atoms with Gasteiger partial charge in [0.1, 0.15) is 11.2 Å². The number of rotatable bonds is 3. The van der Waals surface area contributed by atoms with Crippen molar-refractivity contribution in [2.75, 3.05) is 0 Å². The van der Waals surface area contributed by atoms with Gasteiger partial charge in [0.05, 0.1) is 37.0 Å². The number of hydrogen-bond donors (Lipinski definition) is 0. The van der Waals surface area contributed by atoms with Crippen LogP contribution in [0.15, 0.2) is 174 Å². The highest BCUT2D eigenvalue weighted by molar-refractivity contribution is 6.23. The molecule has 52 heavy (non-hydrogen) atoms. The van der Waals surface area contributed by atoms with Gasteiger partial charge in [-0.25, -0.2) is 0 Å². The van der Waals surface area contributed by atoms with E-state index >= 15 is 0 Å². The SMILES string of the molecule is [2H]c1cc2c(c(-c3c([2H])c([2H])c(-c4c5c([2H])c([2H])c([2H])c([2H])c5c(-c5c([2H])c([2H])c6oc7c8c([2H])c([2H])c([2H])c([2H])c8c([2H])c([2H])c7c6c5[2H])c5c([2H])c([2H])c([2H])c([2H])c45)c([2H])c3[2H])c1[2H])C(C([2H])([2H])[2H])(C([2H])([2H])[2H])c1c([2H])c([2H])c([2H])c([2H])c1-2. The first-order valence-corrected chi connectivity index (χ1v) is 15.5. The number of benzene rings is 9. The monoisotopic (exact) mass is 695 g/mol. The molecule has 0 amide bonds. The Balaban J connectivity index is 1.35. The van der Waals surface area contributed by atoms with E-state index in [2.05, 4.69) is 0 Å². The van der Waals surface area contributed by atoms with Crippen LogP contribution in [-0.4, -0.2) is 0 Å². The summed E-state index contributed by atoms with van der Waals surface area (Å²) in [5.74, 6) is 0. The van der Waals surface area contributed by atoms with Gasteiger partial charge >= 0.3 is 0 Å². The Morgan fingerprint density at radius 3 is 1.79 bits per heavy atom. The Hall–Kier alpha value is -6.44. The lowest BCUT2D eigenvalue weighted by atomic mass is 9.78. The second kappa shape index (κ2) is 10.8. The average Bonchev–Trinajstić information content (AvgIpc) is 1.61. The van der Waals surface area contributed by atoms with Gasteiger partial charge in [-0.3, -0.25) is 0 Å². The predicted molar refractivity (Wildman–Crippen MR) is 220 cm³/mol. The van der Waals surface area contributed by atoms with Crippen LogP contribution in [0.5, 0.6) is 0 Å². The third kappa shape index (κ3) is 4.05. The molecule has 1 aromatic heterocycles. The molecule has 0 bridgehead atoms. The minimum atomic E-state index is -3.88. The lowest BCUT2D eigenvalue weighted by molar-refractivity contribution is 0.662. The molecule has 1 heterocycles. The van der Waals surface area contributed by atoms with Crippen molar-refractivity contribution in [2.45, 2.75) is 19.1 Å². The summed E-state index contributed by atoms with van der Waals surface area (Å²) in [6.07, 6.45) is 0. The summed E-state index contributed by atoms with van der Waals surface area (Å²) >= 11 is 0. The van der Waals surface area contributed by atoms with Crippen molar-refractivity contribution in [2.24, 2.45) is 0 Å². The highest BCUT2D eigenvalue weighted by Gasteiger charge is 2.37. The van der Waals surface area contributed by atoms with Crippen molar-refractivity contribution < 1.29 is 49.7 Å². The molecule has 0 unspecified atom stereocenters. The van der Waals surface area contributed by atoms with Gasteiger partial charge in [-0.2, -0.15) is 0 Å². The van der Waals surface area contributed by atoms with Crippen molar-refractivity contribution in [1.29, 1.82) is 0 Å². The summed E-state index contributed by atoms with van der Waals surface area (Å²) in [4.78, 5) is 0. The first kappa shape index (κ1) is 11.5. The summed E-state index contributed by atoms with van der Waals surface area (Å²) < 4.78 is 306. The van der Waals surface area contributed by atoms with Gasteiger partial charge in [-0.15, -0.1) is 0 Å². The lowest BCUT2D eigenvalue weighted by Gasteiger charge is -2.24. The van der Waals surface area contributed by atoms with Crippen molar-refractivity contribution in [1.82, 2.24) is 0 Å². The fourth-order valence-corrected chi connectivity index (χ4v) is 6.87. The molecule has 0 radical (unpaired) electrons. The minimum Gasteiger partial charge on any atom is -0.455 e. The number of furan rings is 1. The molecule has 0 saturated carbocycles. The van der Waals surface area contributed by atoms with Crippen LogP contribution in [0.4, 0.5) is 0 Å². The van der Waals surface area contributed by atoms with Crippen LogP contribution in [-0.2, 0) is 5.41 Å². The standard InChI is InChI=1S/C51H34O/c1-51(2)45-21-10-9-14-37(45)42-20-11-19-35(49(42)51)32-22-24-33(25-23-32)47-38-15-5-7-17-40(38)48(41-18-8-6-16-39(41)47)34-27-29-46-44(30-34)43-28-26-31-12-3-4-13-36(31)50(43)52-46/h3-30H,1-2H3/i1D3,2D3,3D,4D,5D,6D,7D,8D,9D,10D,11D,12D,13D,14D,15D,16D,17D,18D,19D,21D,22D,23D,24D,25D,26D,27D,28D,29D,30D. The van der Waals surface area contributed by atoms with Gasteiger partial charge in [0.25, 0.3) is 0 Å². The highest BCUT2D eigenvalue weighted by atomic mass is 16.3. The van der Waals surface area contributed by atoms with E-state index in [0.717, 1.165) is 6.07 Å². The first-order valence-electron chi connectivity index (χ1n) is 32.0. The van der Waals surface area contributed by atoms with E-state index in [0.29, 0.717) is 0 Å². The quantitative estimate of drug-likeness (QED) is 0.168. The third-order valence-corrected chi connectivity index (χ3v) is 9.08. The van der Waals surface area contributed by atoms with Crippen LogP contribution in [0.1, 0.15) is 70.1 Å². The fourth-order valence-electron chi connectivity index (χ4n) is 6.87. The van der Waals surface area contributed by atoms with Crippen molar-refractivity contribution in [3.8, 4) is 44.5 Å². The summed E-state index contributed by atoms with van der Waals surface area (Å²) in [6, 6.07) is -26.7. The summed E-state index contributed by atoms with van der Waals surface area (Å²) in [5.41, 5.74) is -13.8. The lowest BCUT2D eigenvalue weighted by Crippen LogP contribution is -2.16. The van der Waals surface area contributed by atoms with E-state index in [1.807, 2.05) is 0 Å². The van der Waals surface area contributed by atoms with E-state index < -0.39 is 292 Å². The van der Waals surface area contributed by atoms with E-state index in [-0.39, 0.29) is 0 Å². The molecular formula is C51H34O. The largest absolute Gasteiger partial charge is 0.455 e.